The Morgan fingerprint density at radius 3 is 1.87 bits per heavy atom. The highest BCUT2D eigenvalue weighted by atomic mass is 35.5. The van der Waals surface area contributed by atoms with Gasteiger partial charge in [0.05, 0.1) is 26.3 Å². The largest absolute Gasteiger partial charge is 0.497 e. The number of piperidine rings is 1. The molecule has 0 aromatic heterocycles. The highest BCUT2D eigenvalue weighted by Crippen LogP contribution is 2.50. The molecule has 2 aromatic carbocycles. The molecule has 1 amide bonds. The van der Waals surface area contributed by atoms with Crippen molar-refractivity contribution in [3.63, 3.8) is 0 Å². The molecule has 7 heteroatoms. The highest BCUT2D eigenvalue weighted by molar-refractivity contribution is 6.53. The summed E-state index contributed by atoms with van der Waals surface area (Å²) in [6.07, 6.45) is 0.179. The number of benzene rings is 2. The average Bonchev–Trinajstić information content (AvgIpc) is 2.74. The third-order valence-corrected chi connectivity index (χ3v) is 6.14. The lowest BCUT2D eigenvalue weighted by Gasteiger charge is -2.50. The summed E-state index contributed by atoms with van der Waals surface area (Å²) in [6.45, 7) is 3.71. The molecule has 3 rings (SSSR count). The van der Waals surface area contributed by atoms with Crippen LogP contribution in [-0.4, -0.2) is 35.6 Å². The van der Waals surface area contributed by atoms with Gasteiger partial charge < -0.3 is 14.4 Å². The van der Waals surface area contributed by atoms with Gasteiger partial charge in [0.25, 0.3) is 5.91 Å². The first kappa shape index (κ1) is 22.4. The predicted molar refractivity (Wildman–Crippen MR) is 117 cm³/mol. The number of ketones is 1. The number of hydrogen-bond acceptors (Lipinski definition) is 4. The first-order valence-corrected chi connectivity index (χ1v) is 10.5. The SMILES string of the molecule is COc1ccc([C@H]2CC(=O)C(C)(C)[C@@H](c3ccc(OC)cc3)N2C(=O)C(Cl)Cl)cc1. The van der Waals surface area contributed by atoms with Crippen molar-refractivity contribution in [3.05, 3.63) is 59.7 Å². The number of alkyl halides is 2. The number of carbonyl (C=O) groups is 2. The van der Waals surface area contributed by atoms with Crippen LogP contribution in [0.3, 0.4) is 0 Å². The van der Waals surface area contributed by atoms with E-state index >= 15 is 0 Å². The summed E-state index contributed by atoms with van der Waals surface area (Å²) in [5.74, 6) is 1.02. The summed E-state index contributed by atoms with van der Waals surface area (Å²) in [7, 11) is 3.17. The van der Waals surface area contributed by atoms with E-state index in [1.807, 2.05) is 62.4 Å². The summed E-state index contributed by atoms with van der Waals surface area (Å²) in [5, 5.41) is 0. The maximum atomic E-state index is 13.2. The summed E-state index contributed by atoms with van der Waals surface area (Å²) in [6, 6.07) is 13.7. The van der Waals surface area contributed by atoms with Crippen LogP contribution in [0.4, 0.5) is 0 Å². The fourth-order valence-corrected chi connectivity index (χ4v) is 4.30. The molecule has 160 valence electrons. The van der Waals surface area contributed by atoms with Crippen LogP contribution in [0.5, 0.6) is 11.5 Å². The second-order valence-electron chi connectivity index (χ2n) is 7.86. The number of ether oxygens (including phenoxy) is 2. The van der Waals surface area contributed by atoms with E-state index in [0.29, 0.717) is 11.5 Å². The molecule has 0 spiro atoms. The number of rotatable bonds is 5. The molecule has 0 bridgehead atoms. The number of Topliss-reactive ketones (excluding diaryl/α,β-unsaturated/α-hetero) is 1. The highest BCUT2D eigenvalue weighted by Gasteiger charge is 2.51. The van der Waals surface area contributed by atoms with Gasteiger partial charge in [0, 0.05) is 11.8 Å². The molecule has 5 nitrogen and oxygen atoms in total. The topological polar surface area (TPSA) is 55.8 Å². The molecule has 1 fully saturated rings. The molecule has 0 radical (unpaired) electrons. The van der Waals surface area contributed by atoms with Crippen molar-refractivity contribution in [3.8, 4) is 11.5 Å². The smallest absolute Gasteiger partial charge is 0.256 e. The second-order valence-corrected chi connectivity index (χ2v) is 8.96. The zero-order valence-electron chi connectivity index (χ0n) is 17.4. The summed E-state index contributed by atoms with van der Waals surface area (Å²) >= 11 is 12.1. The lowest BCUT2D eigenvalue weighted by molar-refractivity contribution is -0.152. The fraction of sp³-hybridized carbons (Fsp3) is 0.391. The number of methoxy groups -OCH3 is 2. The molecular formula is C23H25Cl2NO4. The molecule has 0 saturated carbocycles. The van der Waals surface area contributed by atoms with Crippen LogP contribution in [0.15, 0.2) is 48.5 Å². The van der Waals surface area contributed by atoms with Crippen LogP contribution in [-0.2, 0) is 9.59 Å². The minimum absolute atomic E-state index is 0.0638. The molecule has 0 aliphatic carbocycles. The molecule has 1 heterocycles. The van der Waals surface area contributed by atoms with E-state index in [-0.39, 0.29) is 12.2 Å². The Kier molecular flexibility index (Phi) is 6.63. The zero-order valence-corrected chi connectivity index (χ0v) is 18.9. The van der Waals surface area contributed by atoms with Crippen molar-refractivity contribution in [1.29, 1.82) is 0 Å². The van der Waals surface area contributed by atoms with Gasteiger partial charge in [-0.15, -0.1) is 0 Å². The maximum absolute atomic E-state index is 13.2. The number of hydrogen-bond donors (Lipinski definition) is 0. The third kappa shape index (κ3) is 4.14. The van der Waals surface area contributed by atoms with Crippen LogP contribution in [0, 0.1) is 5.41 Å². The van der Waals surface area contributed by atoms with Crippen molar-refractivity contribution < 1.29 is 19.1 Å². The molecule has 30 heavy (non-hydrogen) atoms. The number of likely N-dealkylation sites (tertiary alicyclic amines) is 1. The second kappa shape index (κ2) is 8.86. The first-order chi connectivity index (χ1) is 14.2. The summed E-state index contributed by atoms with van der Waals surface area (Å²) < 4.78 is 10.5. The lowest BCUT2D eigenvalue weighted by atomic mass is 9.69. The molecule has 2 atom stereocenters. The van der Waals surface area contributed by atoms with Crippen LogP contribution < -0.4 is 9.47 Å². The Labute approximate surface area is 186 Å². The van der Waals surface area contributed by atoms with E-state index in [4.69, 9.17) is 32.7 Å². The third-order valence-electron chi connectivity index (χ3n) is 5.77. The van der Waals surface area contributed by atoms with Gasteiger partial charge in [-0.3, -0.25) is 9.59 Å². The molecular weight excluding hydrogens is 425 g/mol. The Morgan fingerprint density at radius 2 is 1.43 bits per heavy atom. The Hall–Kier alpha value is -2.24. The summed E-state index contributed by atoms with van der Waals surface area (Å²) in [5.41, 5.74) is 0.811. The lowest BCUT2D eigenvalue weighted by Crippen LogP contribution is -2.53. The van der Waals surface area contributed by atoms with Gasteiger partial charge in [0.15, 0.2) is 4.84 Å². The van der Waals surface area contributed by atoms with E-state index in [1.165, 1.54) is 0 Å². The van der Waals surface area contributed by atoms with Crippen LogP contribution in [0.25, 0.3) is 0 Å². The number of carbonyl (C=O) groups excluding carboxylic acids is 2. The van der Waals surface area contributed by atoms with E-state index in [9.17, 15) is 9.59 Å². The minimum Gasteiger partial charge on any atom is -0.497 e. The Morgan fingerprint density at radius 1 is 0.967 bits per heavy atom. The average molecular weight is 450 g/mol. The van der Waals surface area contributed by atoms with Crippen molar-refractivity contribution in [1.82, 2.24) is 4.90 Å². The van der Waals surface area contributed by atoms with E-state index < -0.39 is 28.2 Å². The fourth-order valence-electron chi connectivity index (χ4n) is 4.08. The molecule has 0 N–H and O–H groups in total. The number of halogens is 2. The van der Waals surface area contributed by atoms with E-state index in [0.717, 1.165) is 11.1 Å². The number of amides is 1. The Balaban J connectivity index is 2.14. The number of nitrogens with zero attached hydrogens (tertiary/aromatic N) is 1. The first-order valence-electron chi connectivity index (χ1n) is 9.62. The van der Waals surface area contributed by atoms with Gasteiger partial charge in [-0.1, -0.05) is 61.3 Å². The van der Waals surface area contributed by atoms with E-state index in [1.54, 1.807) is 19.1 Å². The normalized spacial score (nSPS) is 20.9. The molecule has 2 aromatic rings. The molecule has 1 aliphatic heterocycles. The monoisotopic (exact) mass is 449 g/mol. The Bertz CT molecular complexity index is 910. The molecule has 1 aliphatic rings. The summed E-state index contributed by atoms with van der Waals surface area (Å²) in [4.78, 5) is 26.8. The standard InChI is InChI=1S/C23H25Cl2NO4/c1-23(2)19(27)13-18(14-5-9-16(29-3)10-6-14)26(22(28)21(24)25)20(23)15-7-11-17(30-4)12-8-15/h5-12,18,20-21H,13H2,1-4H3/t18-,20-/m1/s1. The maximum Gasteiger partial charge on any atom is 0.256 e. The van der Waals surface area contributed by atoms with Crippen LogP contribution in [0.1, 0.15) is 43.5 Å². The quantitative estimate of drug-likeness (QED) is 0.594. The van der Waals surface area contributed by atoms with Gasteiger partial charge >= 0.3 is 0 Å². The van der Waals surface area contributed by atoms with Gasteiger partial charge in [-0.2, -0.15) is 0 Å². The van der Waals surface area contributed by atoms with Gasteiger partial charge in [-0.05, 0) is 35.4 Å². The molecule has 1 saturated heterocycles. The van der Waals surface area contributed by atoms with Gasteiger partial charge in [0.2, 0.25) is 0 Å². The minimum atomic E-state index is -1.24. The van der Waals surface area contributed by atoms with Crippen molar-refractivity contribution in [2.75, 3.05) is 14.2 Å². The van der Waals surface area contributed by atoms with Crippen molar-refractivity contribution >= 4 is 34.9 Å². The van der Waals surface area contributed by atoms with Crippen molar-refractivity contribution in [2.24, 2.45) is 5.41 Å². The van der Waals surface area contributed by atoms with Crippen LogP contribution in [0.2, 0.25) is 0 Å². The van der Waals surface area contributed by atoms with Gasteiger partial charge in [0.1, 0.15) is 17.3 Å². The van der Waals surface area contributed by atoms with E-state index in [2.05, 4.69) is 0 Å². The van der Waals surface area contributed by atoms with Crippen LogP contribution >= 0.6 is 23.2 Å². The zero-order chi connectivity index (χ0) is 22.1. The van der Waals surface area contributed by atoms with Gasteiger partial charge in [-0.25, -0.2) is 0 Å². The van der Waals surface area contributed by atoms with Crippen molar-refractivity contribution in [2.45, 2.75) is 37.2 Å². The predicted octanol–water partition coefficient (Wildman–Crippen LogP) is 5.12. The molecule has 0 unspecified atom stereocenters.